The van der Waals surface area contributed by atoms with Crippen molar-refractivity contribution in [1.29, 1.82) is 0 Å². The first-order valence-corrected chi connectivity index (χ1v) is 11.1. The van der Waals surface area contributed by atoms with E-state index in [-0.39, 0.29) is 18.0 Å². The summed E-state index contributed by atoms with van der Waals surface area (Å²) in [5, 5.41) is 6.08. The molecule has 3 heterocycles. The summed E-state index contributed by atoms with van der Waals surface area (Å²) in [7, 11) is 0. The Morgan fingerprint density at radius 3 is 2.66 bits per heavy atom. The van der Waals surface area contributed by atoms with Crippen LogP contribution in [0.1, 0.15) is 21.5 Å². The normalized spacial score (nSPS) is 12.6. The number of halogens is 2. The van der Waals surface area contributed by atoms with Gasteiger partial charge in [0.05, 0.1) is 11.9 Å². The van der Waals surface area contributed by atoms with E-state index in [4.69, 9.17) is 4.98 Å². The van der Waals surface area contributed by atoms with E-state index in [0.717, 1.165) is 23.3 Å². The van der Waals surface area contributed by atoms with Gasteiger partial charge >= 0.3 is 0 Å². The van der Waals surface area contributed by atoms with Crippen LogP contribution in [0.3, 0.4) is 0 Å². The third-order valence-corrected chi connectivity index (χ3v) is 5.74. The lowest BCUT2D eigenvalue weighted by Crippen LogP contribution is -2.35. The van der Waals surface area contributed by atoms with E-state index in [0.29, 0.717) is 42.5 Å². The number of benzene rings is 2. The fraction of sp³-hybridized carbons (Fsp3) is 0.154. The van der Waals surface area contributed by atoms with E-state index in [2.05, 4.69) is 20.6 Å². The molecule has 35 heavy (non-hydrogen) atoms. The van der Waals surface area contributed by atoms with E-state index in [1.54, 1.807) is 30.7 Å². The zero-order chi connectivity index (χ0) is 24.2. The first-order chi connectivity index (χ1) is 17.1. The molecule has 2 N–H and O–H groups in total. The van der Waals surface area contributed by atoms with Crippen LogP contribution in [-0.2, 0) is 13.1 Å². The summed E-state index contributed by atoms with van der Waals surface area (Å²) in [4.78, 5) is 27.6. The molecule has 2 aromatic heterocycles. The SMILES string of the molecule is O=C(NCc1ccncc1)c1ccc(-c2cnc3c(n2)N(Cc2cc(F)ccc2F)CCN3)cc1. The van der Waals surface area contributed by atoms with Crippen LogP contribution >= 0.6 is 0 Å². The Morgan fingerprint density at radius 1 is 1.06 bits per heavy atom. The zero-order valence-corrected chi connectivity index (χ0v) is 18.7. The highest BCUT2D eigenvalue weighted by molar-refractivity contribution is 5.94. The molecular formula is C26H22F2N6O. The van der Waals surface area contributed by atoms with Gasteiger partial charge in [0.1, 0.15) is 11.6 Å². The number of fused-ring (bicyclic) bond motifs is 1. The monoisotopic (exact) mass is 472 g/mol. The average Bonchev–Trinajstić information content (AvgIpc) is 2.90. The van der Waals surface area contributed by atoms with Crippen molar-refractivity contribution in [3.63, 3.8) is 0 Å². The van der Waals surface area contributed by atoms with E-state index in [9.17, 15) is 13.6 Å². The van der Waals surface area contributed by atoms with Crippen molar-refractivity contribution in [3.8, 4) is 11.3 Å². The molecular weight excluding hydrogens is 450 g/mol. The average molecular weight is 472 g/mol. The lowest BCUT2D eigenvalue weighted by molar-refractivity contribution is 0.0951. The Hall–Kier alpha value is -4.40. The number of pyridine rings is 1. The molecule has 0 unspecified atom stereocenters. The number of aromatic nitrogens is 3. The van der Waals surface area contributed by atoms with Gasteiger partial charge < -0.3 is 15.5 Å². The van der Waals surface area contributed by atoms with Crippen molar-refractivity contribution in [1.82, 2.24) is 20.3 Å². The van der Waals surface area contributed by atoms with Gasteiger partial charge in [-0.3, -0.25) is 9.78 Å². The van der Waals surface area contributed by atoms with Gasteiger partial charge in [-0.25, -0.2) is 18.7 Å². The first-order valence-electron chi connectivity index (χ1n) is 11.1. The molecule has 0 saturated carbocycles. The fourth-order valence-electron chi connectivity index (χ4n) is 3.88. The Kier molecular flexibility index (Phi) is 6.30. The second kappa shape index (κ2) is 9.84. The van der Waals surface area contributed by atoms with Gasteiger partial charge in [-0.05, 0) is 48.0 Å². The molecule has 0 fully saturated rings. The van der Waals surface area contributed by atoms with Crippen LogP contribution in [0.15, 0.2) is 73.2 Å². The number of nitrogens with one attached hydrogen (secondary N) is 2. The van der Waals surface area contributed by atoms with Gasteiger partial charge in [-0.1, -0.05) is 12.1 Å². The standard InChI is InChI=1S/C26H22F2N6O/c27-21-5-6-22(28)20(13-21)16-34-12-11-30-24-25(34)33-23(15-31-24)18-1-3-19(4-2-18)26(35)32-14-17-7-9-29-10-8-17/h1-10,13,15H,11-12,14,16H2,(H,30,31)(H,32,35). The Labute approximate surface area is 200 Å². The highest BCUT2D eigenvalue weighted by Crippen LogP contribution is 2.30. The number of amides is 1. The van der Waals surface area contributed by atoms with Crippen molar-refractivity contribution >= 4 is 17.5 Å². The largest absolute Gasteiger partial charge is 0.365 e. The Morgan fingerprint density at radius 2 is 1.86 bits per heavy atom. The molecule has 4 aromatic rings. The Bertz CT molecular complexity index is 1350. The summed E-state index contributed by atoms with van der Waals surface area (Å²) in [5.74, 6) is 0.0211. The Balaban J connectivity index is 1.33. The van der Waals surface area contributed by atoms with Crippen LogP contribution in [0.25, 0.3) is 11.3 Å². The van der Waals surface area contributed by atoms with Crippen molar-refractivity contribution in [2.24, 2.45) is 0 Å². The molecule has 1 amide bonds. The minimum absolute atomic E-state index is 0.174. The van der Waals surface area contributed by atoms with Gasteiger partial charge in [-0.15, -0.1) is 0 Å². The van der Waals surface area contributed by atoms with Gasteiger partial charge in [0.15, 0.2) is 11.6 Å². The van der Waals surface area contributed by atoms with Crippen molar-refractivity contribution in [2.75, 3.05) is 23.3 Å². The summed E-state index contributed by atoms with van der Waals surface area (Å²) >= 11 is 0. The minimum Gasteiger partial charge on any atom is -0.365 e. The number of nitrogens with zero attached hydrogens (tertiary/aromatic N) is 4. The molecule has 1 aliphatic heterocycles. The number of carbonyl (C=O) groups is 1. The fourth-order valence-corrected chi connectivity index (χ4v) is 3.88. The minimum atomic E-state index is -0.485. The van der Waals surface area contributed by atoms with Gasteiger partial charge in [0, 0.05) is 55.3 Å². The molecule has 1 aliphatic rings. The smallest absolute Gasteiger partial charge is 0.251 e. The maximum atomic E-state index is 14.2. The second-order valence-electron chi connectivity index (χ2n) is 8.13. The highest BCUT2D eigenvalue weighted by Gasteiger charge is 2.22. The zero-order valence-electron chi connectivity index (χ0n) is 18.7. The van der Waals surface area contributed by atoms with Gasteiger partial charge in [0.2, 0.25) is 0 Å². The van der Waals surface area contributed by atoms with Crippen LogP contribution < -0.4 is 15.5 Å². The first kappa shape index (κ1) is 22.4. The quantitative estimate of drug-likeness (QED) is 0.438. The number of anilines is 2. The molecule has 176 valence electrons. The maximum absolute atomic E-state index is 14.2. The summed E-state index contributed by atoms with van der Waals surface area (Å²) in [6.07, 6.45) is 5.01. The molecule has 0 spiro atoms. The maximum Gasteiger partial charge on any atom is 0.251 e. The molecule has 0 aliphatic carbocycles. The third kappa shape index (κ3) is 5.08. The number of carbonyl (C=O) groups excluding carboxylic acids is 1. The molecule has 0 bridgehead atoms. The predicted octanol–water partition coefficient (Wildman–Crippen LogP) is 4.18. The van der Waals surface area contributed by atoms with E-state index in [1.807, 2.05) is 29.2 Å². The van der Waals surface area contributed by atoms with Gasteiger partial charge in [-0.2, -0.15) is 0 Å². The number of rotatable bonds is 6. The van der Waals surface area contributed by atoms with Crippen molar-refractivity contribution in [3.05, 3.63) is 102 Å². The van der Waals surface area contributed by atoms with Crippen LogP contribution in [0.4, 0.5) is 20.4 Å². The van der Waals surface area contributed by atoms with Crippen LogP contribution in [0.5, 0.6) is 0 Å². The summed E-state index contributed by atoms with van der Waals surface area (Å²) < 4.78 is 27.9. The molecule has 7 nitrogen and oxygen atoms in total. The molecule has 9 heteroatoms. The van der Waals surface area contributed by atoms with Crippen LogP contribution in [-0.4, -0.2) is 33.9 Å². The van der Waals surface area contributed by atoms with E-state index in [1.165, 1.54) is 6.07 Å². The van der Waals surface area contributed by atoms with E-state index >= 15 is 0 Å². The predicted molar refractivity (Wildman–Crippen MR) is 129 cm³/mol. The molecule has 5 rings (SSSR count). The molecule has 0 atom stereocenters. The molecule has 2 aromatic carbocycles. The van der Waals surface area contributed by atoms with Crippen LogP contribution in [0, 0.1) is 11.6 Å². The topological polar surface area (TPSA) is 83.0 Å². The number of hydrogen-bond acceptors (Lipinski definition) is 6. The number of hydrogen-bond donors (Lipinski definition) is 2. The molecule has 0 radical (unpaired) electrons. The van der Waals surface area contributed by atoms with Crippen LogP contribution in [0.2, 0.25) is 0 Å². The van der Waals surface area contributed by atoms with Gasteiger partial charge in [0.25, 0.3) is 5.91 Å². The third-order valence-electron chi connectivity index (χ3n) is 5.74. The summed E-state index contributed by atoms with van der Waals surface area (Å²) in [6, 6.07) is 14.2. The van der Waals surface area contributed by atoms with Crippen molar-refractivity contribution in [2.45, 2.75) is 13.1 Å². The second-order valence-corrected chi connectivity index (χ2v) is 8.13. The van der Waals surface area contributed by atoms with Crippen molar-refractivity contribution < 1.29 is 13.6 Å². The van der Waals surface area contributed by atoms with E-state index < -0.39 is 11.6 Å². The summed E-state index contributed by atoms with van der Waals surface area (Å²) in [6.45, 7) is 1.76. The lowest BCUT2D eigenvalue weighted by atomic mass is 10.1. The lowest BCUT2D eigenvalue weighted by Gasteiger charge is -2.30. The highest BCUT2D eigenvalue weighted by atomic mass is 19.1. The molecule has 0 saturated heterocycles. The summed E-state index contributed by atoms with van der Waals surface area (Å²) in [5.41, 5.74) is 3.14.